The molecule has 0 spiro atoms. The minimum absolute atomic E-state index is 0. The molecule has 0 rings (SSSR count). The van der Waals surface area contributed by atoms with Gasteiger partial charge in [0.2, 0.25) is 0 Å². The minimum Gasteiger partial charge on any atom is -0.844 e. The molecule has 0 amide bonds. The van der Waals surface area contributed by atoms with E-state index in [4.69, 9.17) is 14.7 Å². The van der Waals surface area contributed by atoms with Crippen LogP contribution in [0.3, 0.4) is 0 Å². The predicted molar refractivity (Wildman–Crippen MR) is 20.0 cm³/mol. The van der Waals surface area contributed by atoms with Gasteiger partial charge in [0.1, 0.15) is 0 Å². The van der Waals surface area contributed by atoms with Gasteiger partial charge < -0.3 is 21.4 Å². The van der Waals surface area contributed by atoms with Crippen LogP contribution in [0, 0.1) is 0 Å². The smallest absolute Gasteiger partial charge is 0.844 e. The summed E-state index contributed by atoms with van der Waals surface area (Å²) in [5.74, 6) is 0. The van der Waals surface area contributed by atoms with Crippen molar-refractivity contribution in [3.8, 4) is 0 Å². The maximum atomic E-state index is 8.92. The molecule has 7 heavy (non-hydrogen) atoms. The van der Waals surface area contributed by atoms with Crippen molar-refractivity contribution >= 4 is 67.4 Å². The van der Waals surface area contributed by atoms with Crippen molar-refractivity contribution in [1.82, 2.24) is 0 Å². The van der Waals surface area contributed by atoms with E-state index in [9.17, 15) is 0 Å². The van der Waals surface area contributed by atoms with Gasteiger partial charge in [0.15, 0.2) is 0 Å². The normalized spacial score (nSPS) is 8.43. The van der Waals surface area contributed by atoms with Crippen LogP contribution in [0.1, 0.15) is 0 Å². The van der Waals surface area contributed by atoms with Gasteiger partial charge in [0.05, 0.1) is 0 Å². The van der Waals surface area contributed by atoms with E-state index >= 15 is 0 Å². The van der Waals surface area contributed by atoms with Crippen LogP contribution in [0.25, 0.3) is 0 Å². The molecule has 32 valence electrons. The van der Waals surface area contributed by atoms with Crippen LogP contribution in [0.5, 0.6) is 0 Å². The molecule has 7 heteroatoms. The Morgan fingerprint density at radius 1 is 1.14 bits per heavy atom. The molecule has 0 fully saturated rings. The van der Waals surface area contributed by atoms with Crippen molar-refractivity contribution in [3.05, 3.63) is 0 Å². The SMILES string of the molecule is [Ba+2].[Na+].[O-]P([O-])([O-])=S. The maximum Gasteiger partial charge on any atom is 2.00 e. The first-order valence-electron chi connectivity index (χ1n) is 0.730. The molecule has 3 nitrogen and oxygen atoms in total. The number of hydrogen-bond acceptors (Lipinski definition) is 4. The van der Waals surface area contributed by atoms with Crippen molar-refractivity contribution in [2.45, 2.75) is 0 Å². The van der Waals surface area contributed by atoms with Crippen LogP contribution < -0.4 is 44.2 Å². The van der Waals surface area contributed by atoms with E-state index < -0.39 is 6.72 Å². The largest absolute Gasteiger partial charge is 2.00 e. The summed E-state index contributed by atoms with van der Waals surface area (Å²) >= 11 is 3.27. The Morgan fingerprint density at radius 3 is 1.14 bits per heavy atom. The summed E-state index contributed by atoms with van der Waals surface area (Å²) in [5.41, 5.74) is 0. The Morgan fingerprint density at radius 2 is 1.14 bits per heavy atom. The number of rotatable bonds is 0. The average molecular weight is 271 g/mol. The first kappa shape index (κ1) is 16.6. The molecule has 0 aromatic heterocycles. The molecular formula is BaNaO3PS. The van der Waals surface area contributed by atoms with Crippen molar-refractivity contribution in [2.24, 2.45) is 0 Å². The molecule has 0 saturated heterocycles. The Hall–Kier alpha value is 3.10. The van der Waals surface area contributed by atoms with Gasteiger partial charge in [-0.3, -0.25) is 0 Å². The summed E-state index contributed by atoms with van der Waals surface area (Å²) < 4.78 is 0. The van der Waals surface area contributed by atoms with Crippen LogP contribution in [0.4, 0.5) is 0 Å². The molecule has 0 heterocycles. The van der Waals surface area contributed by atoms with Gasteiger partial charge in [-0.2, -0.15) is 11.8 Å². The molecule has 0 radical (unpaired) electrons. The van der Waals surface area contributed by atoms with Crippen LogP contribution in [-0.2, 0) is 11.8 Å². The van der Waals surface area contributed by atoms with Gasteiger partial charge in [-0.15, -0.1) is 0 Å². The second-order valence-corrected chi connectivity index (χ2v) is 2.68. The van der Waals surface area contributed by atoms with Crippen LogP contribution in [0.15, 0.2) is 0 Å². The summed E-state index contributed by atoms with van der Waals surface area (Å²) in [4.78, 5) is 26.8. The third kappa shape index (κ3) is 47.7. The van der Waals surface area contributed by atoms with Gasteiger partial charge >= 0.3 is 78.4 Å². The fraction of sp³-hybridized carbons (Fsp3) is 0. The van der Waals surface area contributed by atoms with Gasteiger partial charge in [-0.1, -0.05) is 0 Å². The van der Waals surface area contributed by atoms with E-state index in [1.54, 1.807) is 0 Å². The molecule has 0 aliphatic carbocycles. The Balaban J connectivity index is -0.0000000800. The molecule has 0 unspecified atom stereocenters. The Bertz CT molecular complexity index is 61.1. The summed E-state index contributed by atoms with van der Waals surface area (Å²) in [6, 6.07) is 0. The van der Waals surface area contributed by atoms with Crippen molar-refractivity contribution in [3.63, 3.8) is 0 Å². The number of hydrogen-bond donors (Lipinski definition) is 0. The molecule has 0 aliphatic heterocycles. The van der Waals surface area contributed by atoms with Crippen LogP contribution >= 0.6 is 6.72 Å². The molecule has 0 bridgehead atoms. The van der Waals surface area contributed by atoms with E-state index in [-0.39, 0.29) is 78.4 Å². The zero-order valence-electron chi connectivity index (χ0n) is 3.79. The topological polar surface area (TPSA) is 69.2 Å². The Kier molecular flexibility index (Phi) is 17.1. The predicted octanol–water partition coefficient (Wildman–Crippen LogP) is -6.08. The van der Waals surface area contributed by atoms with Gasteiger partial charge in [-0.25, -0.2) is 0 Å². The van der Waals surface area contributed by atoms with Gasteiger partial charge in [-0.05, 0) is 0 Å². The van der Waals surface area contributed by atoms with Crippen molar-refractivity contribution < 1.29 is 44.2 Å². The van der Waals surface area contributed by atoms with E-state index in [0.29, 0.717) is 0 Å². The van der Waals surface area contributed by atoms with Crippen molar-refractivity contribution in [1.29, 1.82) is 0 Å². The van der Waals surface area contributed by atoms with Gasteiger partial charge in [0.25, 0.3) is 0 Å². The standard InChI is InChI=1S/Ba.Na.H3O3PS/c;;1-4(2,3)5/h;;(H3,1,2,3,5)/q+2;+1;/p-3. The monoisotopic (exact) mass is 272 g/mol. The summed E-state index contributed by atoms with van der Waals surface area (Å²) in [5, 5.41) is 0. The Labute approximate surface area is 109 Å². The van der Waals surface area contributed by atoms with E-state index in [1.807, 2.05) is 0 Å². The van der Waals surface area contributed by atoms with Gasteiger partial charge in [0, 0.05) is 0 Å². The minimum atomic E-state index is -4.56. The second-order valence-electron chi connectivity index (χ2n) is 0.447. The fourth-order valence-electron chi connectivity index (χ4n) is 0. The van der Waals surface area contributed by atoms with Crippen LogP contribution in [0.2, 0.25) is 0 Å². The molecular weight excluding hydrogens is 271 g/mol. The third-order valence-electron chi connectivity index (χ3n) is 0. The quantitative estimate of drug-likeness (QED) is 0.325. The van der Waals surface area contributed by atoms with Crippen molar-refractivity contribution in [2.75, 3.05) is 0 Å². The zero-order chi connectivity index (χ0) is 4.50. The fourth-order valence-corrected chi connectivity index (χ4v) is 0. The van der Waals surface area contributed by atoms with E-state index in [2.05, 4.69) is 11.8 Å². The molecule has 0 saturated carbocycles. The maximum absolute atomic E-state index is 8.92. The average Bonchev–Trinajstić information content (AvgIpc) is 0.722. The second kappa shape index (κ2) is 7.21. The third-order valence-corrected chi connectivity index (χ3v) is 0. The van der Waals surface area contributed by atoms with E-state index in [1.165, 1.54) is 0 Å². The molecule has 0 aromatic carbocycles. The summed E-state index contributed by atoms with van der Waals surface area (Å²) in [7, 11) is 0. The molecule has 0 aromatic rings. The molecule has 0 atom stereocenters. The summed E-state index contributed by atoms with van der Waals surface area (Å²) in [6.45, 7) is -4.56. The van der Waals surface area contributed by atoms with E-state index in [0.717, 1.165) is 0 Å². The molecule has 0 N–H and O–H groups in total. The summed E-state index contributed by atoms with van der Waals surface area (Å²) in [6.07, 6.45) is 0. The first-order valence-corrected chi connectivity index (χ1v) is 3.29. The van der Waals surface area contributed by atoms with Crippen LogP contribution in [-0.4, -0.2) is 48.9 Å². The zero-order valence-corrected chi connectivity index (χ0v) is 11.9. The molecule has 0 aliphatic rings. The first-order chi connectivity index (χ1) is 2.00.